The summed E-state index contributed by atoms with van der Waals surface area (Å²) < 4.78 is 0. The second kappa shape index (κ2) is 1.95. The van der Waals surface area contributed by atoms with Crippen LogP contribution in [0.3, 0.4) is 0 Å². The highest BCUT2D eigenvalue weighted by Crippen LogP contribution is 2.43. The zero-order valence-electron chi connectivity index (χ0n) is 6.51. The maximum atomic E-state index is 9.96. The Bertz CT molecular complexity index is 144. The molecule has 1 unspecified atom stereocenters. The molecule has 2 aliphatic rings. The van der Waals surface area contributed by atoms with Crippen LogP contribution in [-0.2, 0) is 0 Å². The maximum absolute atomic E-state index is 9.96. The van der Waals surface area contributed by atoms with Gasteiger partial charge in [-0.1, -0.05) is 0 Å². The van der Waals surface area contributed by atoms with Crippen LogP contribution in [0.1, 0.15) is 19.3 Å². The van der Waals surface area contributed by atoms with Gasteiger partial charge in [-0.2, -0.15) is 0 Å². The van der Waals surface area contributed by atoms with Crippen molar-refractivity contribution in [3.8, 4) is 0 Å². The van der Waals surface area contributed by atoms with E-state index in [1.165, 1.54) is 12.8 Å². The Kier molecular flexibility index (Phi) is 1.29. The molecule has 1 N–H and O–H groups in total. The fraction of sp³-hybridized carbons (Fsp3) is 1.00. The van der Waals surface area contributed by atoms with Gasteiger partial charge >= 0.3 is 0 Å². The van der Waals surface area contributed by atoms with E-state index in [1.807, 2.05) is 0 Å². The lowest BCUT2D eigenvalue weighted by molar-refractivity contribution is 0.0294. The zero-order chi connectivity index (χ0) is 7.19. The van der Waals surface area contributed by atoms with Gasteiger partial charge in [-0.05, 0) is 32.2 Å². The minimum absolute atomic E-state index is 0.297. The summed E-state index contributed by atoms with van der Waals surface area (Å²) in [5, 5.41) is 9.96. The van der Waals surface area contributed by atoms with Crippen LogP contribution in [0.5, 0.6) is 0 Å². The predicted octanol–water partition coefficient (Wildman–Crippen LogP) is 0.463. The fourth-order valence-corrected chi connectivity index (χ4v) is 1.96. The molecule has 2 rings (SSSR count). The number of hydrogen-bond donors (Lipinski definition) is 1. The molecule has 1 atom stereocenters. The SMILES string of the molecule is CN1CCC(O)(C2CC2)C1. The van der Waals surface area contributed by atoms with Crippen molar-refractivity contribution in [3.05, 3.63) is 0 Å². The Morgan fingerprint density at radius 3 is 2.60 bits per heavy atom. The summed E-state index contributed by atoms with van der Waals surface area (Å²) in [5.41, 5.74) is -0.297. The lowest BCUT2D eigenvalue weighted by atomic mass is 9.97. The Hall–Kier alpha value is -0.0800. The van der Waals surface area contributed by atoms with E-state index >= 15 is 0 Å². The molecule has 0 aromatic rings. The molecule has 0 spiro atoms. The van der Waals surface area contributed by atoms with E-state index in [-0.39, 0.29) is 5.60 Å². The average molecular weight is 141 g/mol. The van der Waals surface area contributed by atoms with E-state index in [1.54, 1.807) is 0 Å². The predicted molar refractivity (Wildman–Crippen MR) is 39.8 cm³/mol. The van der Waals surface area contributed by atoms with Crippen molar-refractivity contribution in [2.45, 2.75) is 24.9 Å². The molecule has 0 aromatic carbocycles. The molecule has 1 saturated carbocycles. The van der Waals surface area contributed by atoms with Crippen molar-refractivity contribution in [2.75, 3.05) is 20.1 Å². The lowest BCUT2D eigenvalue weighted by Crippen LogP contribution is -2.34. The third-order valence-electron chi connectivity index (χ3n) is 2.81. The molecule has 1 aliphatic heterocycles. The van der Waals surface area contributed by atoms with Crippen LogP contribution in [0.25, 0.3) is 0 Å². The van der Waals surface area contributed by atoms with Crippen molar-refractivity contribution in [1.82, 2.24) is 4.90 Å². The van der Waals surface area contributed by atoms with Crippen molar-refractivity contribution in [1.29, 1.82) is 0 Å². The molecule has 1 aliphatic carbocycles. The topological polar surface area (TPSA) is 23.5 Å². The molecule has 0 radical (unpaired) electrons. The number of nitrogens with zero attached hydrogens (tertiary/aromatic N) is 1. The van der Waals surface area contributed by atoms with Gasteiger partial charge in [0, 0.05) is 13.1 Å². The molecule has 1 saturated heterocycles. The number of likely N-dealkylation sites (N-methyl/N-ethyl adjacent to an activating group) is 1. The molecule has 0 amide bonds. The number of rotatable bonds is 1. The molecule has 2 nitrogen and oxygen atoms in total. The summed E-state index contributed by atoms with van der Waals surface area (Å²) in [6, 6.07) is 0. The number of hydrogen-bond acceptors (Lipinski definition) is 2. The Labute approximate surface area is 61.8 Å². The van der Waals surface area contributed by atoms with Gasteiger partial charge in [0.05, 0.1) is 5.60 Å². The first-order valence-electron chi connectivity index (χ1n) is 4.12. The van der Waals surface area contributed by atoms with Gasteiger partial charge in [0.1, 0.15) is 0 Å². The van der Waals surface area contributed by atoms with E-state index in [2.05, 4.69) is 11.9 Å². The van der Waals surface area contributed by atoms with Crippen LogP contribution in [-0.4, -0.2) is 35.7 Å². The minimum Gasteiger partial charge on any atom is -0.388 e. The molecule has 2 heteroatoms. The third-order valence-corrected chi connectivity index (χ3v) is 2.81. The van der Waals surface area contributed by atoms with Gasteiger partial charge < -0.3 is 10.0 Å². The highest BCUT2D eigenvalue weighted by atomic mass is 16.3. The fourth-order valence-electron chi connectivity index (χ4n) is 1.96. The Morgan fingerprint density at radius 1 is 1.50 bits per heavy atom. The molecular formula is C8H15NO. The quantitative estimate of drug-likeness (QED) is 0.573. The normalized spacial score (nSPS) is 42.6. The highest BCUT2D eigenvalue weighted by Gasteiger charge is 2.46. The van der Waals surface area contributed by atoms with Crippen LogP contribution < -0.4 is 0 Å². The standard InChI is InChI=1S/C8H15NO/c1-9-5-4-8(10,6-9)7-2-3-7/h7,10H,2-6H2,1H3. The molecule has 10 heavy (non-hydrogen) atoms. The molecule has 0 aromatic heterocycles. The molecule has 58 valence electrons. The van der Waals surface area contributed by atoms with Crippen molar-refractivity contribution >= 4 is 0 Å². The molecule has 2 fully saturated rings. The van der Waals surface area contributed by atoms with Gasteiger partial charge in [-0.25, -0.2) is 0 Å². The zero-order valence-corrected chi connectivity index (χ0v) is 6.51. The molecular weight excluding hydrogens is 126 g/mol. The summed E-state index contributed by atoms with van der Waals surface area (Å²) in [6.45, 7) is 1.98. The first-order chi connectivity index (χ1) is 4.71. The third kappa shape index (κ3) is 0.956. The van der Waals surface area contributed by atoms with Gasteiger partial charge in [-0.15, -0.1) is 0 Å². The minimum atomic E-state index is -0.297. The second-order valence-electron chi connectivity index (χ2n) is 3.87. The van der Waals surface area contributed by atoms with Gasteiger partial charge in [0.2, 0.25) is 0 Å². The smallest absolute Gasteiger partial charge is 0.0814 e. The maximum Gasteiger partial charge on any atom is 0.0814 e. The largest absolute Gasteiger partial charge is 0.388 e. The Balaban J connectivity index is 2.01. The second-order valence-corrected chi connectivity index (χ2v) is 3.87. The summed E-state index contributed by atoms with van der Waals surface area (Å²) in [6.07, 6.45) is 3.50. The summed E-state index contributed by atoms with van der Waals surface area (Å²) >= 11 is 0. The van der Waals surface area contributed by atoms with Gasteiger partial charge in [-0.3, -0.25) is 0 Å². The van der Waals surface area contributed by atoms with Crippen LogP contribution in [0.4, 0.5) is 0 Å². The van der Waals surface area contributed by atoms with Crippen LogP contribution in [0, 0.1) is 5.92 Å². The molecule has 0 bridgehead atoms. The van der Waals surface area contributed by atoms with Crippen molar-refractivity contribution in [3.63, 3.8) is 0 Å². The van der Waals surface area contributed by atoms with E-state index in [9.17, 15) is 5.11 Å². The van der Waals surface area contributed by atoms with Gasteiger partial charge in [0.25, 0.3) is 0 Å². The number of likely N-dealkylation sites (tertiary alicyclic amines) is 1. The summed E-state index contributed by atoms with van der Waals surface area (Å²) in [7, 11) is 2.08. The van der Waals surface area contributed by atoms with E-state index < -0.39 is 0 Å². The first-order valence-corrected chi connectivity index (χ1v) is 4.12. The van der Waals surface area contributed by atoms with Crippen LogP contribution in [0.2, 0.25) is 0 Å². The first kappa shape index (κ1) is 6.62. The van der Waals surface area contributed by atoms with E-state index in [0.717, 1.165) is 19.5 Å². The molecule has 1 heterocycles. The van der Waals surface area contributed by atoms with Crippen LogP contribution in [0.15, 0.2) is 0 Å². The monoisotopic (exact) mass is 141 g/mol. The van der Waals surface area contributed by atoms with Crippen LogP contribution >= 0.6 is 0 Å². The number of aliphatic hydroxyl groups is 1. The highest BCUT2D eigenvalue weighted by molar-refractivity contribution is 5.00. The van der Waals surface area contributed by atoms with E-state index in [0.29, 0.717) is 5.92 Å². The van der Waals surface area contributed by atoms with Crippen molar-refractivity contribution in [2.24, 2.45) is 5.92 Å². The number of β-amino-alcohol motifs (C(OH)–C–C–N with tert-alkyl or cyclic N) is 1. The average Bonchev–Trinajstić information content (AvgIpc) is 2.62. The summed E-state index contributed by atoms with van der Waals surface area (Å²) in [4.78, 5) is 2.22. The van der Waals surface area contributed by atoms with Crippen molar-refractivity contribution < 1.29 is 5.11 Å². The summed E-state index contributed by atoms with van der Waals surface area (Å²) in [5.74, 6) is 0.637. The van der Waals surface area contributed by atoms with E-state index in [4.69, 9.17) is 0 Å². The van der Waals surface area contributed by atoms with Gasteiger partial charge in [0.15, 0.2) is 0 Å². The lowest BCUT2D eigenvalue weighted by Gasteiger charge is -2.21. The Morgan fingerprint density at radius 2 is 2.20 bits per heavy atom.